The first-order chi connectivity index (χ1) is 16.6. The minimum absolute atomic E-state index is 0.520. The van der Waals surface area contributed by atoms with Crippen molar-refractivity contribution in [2.75, 3.05) is 6.61 Å². The van der Waals surface area contributed by atoms with E-state index in [0.29, 0.717) is 0 Å². The van der Waals surface area contributed by atoms with E-state index in [1.807, 2.05) is 0 Å². The summed E-state index contributed by atoms with van der Waals surface area (Å²) in [6.07, 6.45) is -22.6. The highest BCUT2D eigenvalue weighted by atomic mass is 19.4. The van der Waals surface area contributed by atoms with Crippen LogP contribution in [0.5, 0.6) is 0 Å². The predicted molar refractivity (Wildman–Crippen MR) is 74.5 cm³/mol. The molecule has 0 radical (unpaired) electrons. The van der Waals surface area contributed by atoms with Crippen molar-refractivity contribution in [1.29, 1.82) is 0 Å². The van der Waals surface area contributed by atoms with Crippen LogP contribution in [0.3, 0.4) is 0 Å². The highest BCUT2D eigenvalue weighted by Crippen LogP contribution is 2.68. The molecule has 0 saturated carbocycles. The molecule has 39 heavy (non-hydrogen) atoms. The third kappa shape index (κ3) is 4.53. The largest absolute Gasteiger partial charge is 0.438 e. The van der Waals surface area contributed by atoms with E-state index in [4.69, 9.17) is 0 Å². The molecule has 1 heterocycles. The van der Waals surface area contributed by atoms with Crippen LogP contribution in [0, 0.1) is 0 Å². The maximum atomic E-state index is 13.7. The SMILES string of the molecule is FC(F)(F)C(F)(C(F)(F)F)C(F)(F)C(F)(F)C(F)(F)C(F)(F)C(F)(F)C(F)(F)C(F)(F)C(F)(F)CCC1CO1. The van der Waals surface area contributed by atoms with Crippen molar-refractivity contribution < 1.29 is 106 Å². The highest BCUT2D eigenvalue weighted by Gasteiger charge is 2.99. The summed E-state index contributed by atoms with van der Waals surface area (Å²) in [5.74, 6) is -69.9. The van der Waals surface area contributed by atoms with Crippen molar-refractivity contribution in [3.05, 3.63) is 0 Å². The second-order valence-corrected chi connectivity index (χ2v) is 7.87. The van der Waals surface area contributed by atoms with Gasteiger partial charge in [-0.25, -0.2) is 4.39 Å². The Labute approximate surface area is 198 Å². The zero-order valence-electron chi connectivity index (χ0n) is 17.3. The number of hydrogen-bond acceptors (Lipinski definition) is 1. The maximum absolute atomic E-state index is 13.7. The van der Waals surface area contributed by atoms with Crippen LogP contribution < -0.4 is 0 Å². The van der Waals surface area contributed by atoms with Crippen LogP contribution >= 0.6 is 0 Å². The van der Waals surface area contributed by atoms with Crippen LogP contribution in [0.4, 0.5) is 101 Å². The van der Waals surface area contributed by atoms with Gasteiger partial charge in [-0.3, -0.25) is 0 Å². The summed E-state index contributed by atoms with van der Waals surface area (Å²) in [6, 6.07) is 0. The molecule has 0 aromatic heterocycles. The first-order valence-electron chi connectivity index (χ1n) is 9.04. The van der Waals surface area contributed by atoms with Gasteiger partial charge in [0.25, 0.3) is 0 Å². The number of alkyl halides is 23. The minimum Gasteiger partial charge on any atom is -0.373 e. The van der Waals surface area contributed by atoms with E-state index in [-0.39, 0.29) is 0 Å². The van der Waals surface area contributed by atoms with Gasteiger partial charge in [-0.1, -0.05) is 0 Å². The van der Waals surface area contributed by atoms with Crippen LogP contribution in [0.25, 0.3) is 0 Å². The Balaban J connectivity index is 3.78. The lowest BCUT2D eigenvalue weighted by Gasteiger charge is -2.46. The van der Waals surface area contributed by atoms with Crippen molar-refractivity contribution >= 4 is 0 Å². The number of ether oxygens (including phenoxy) is 1. The molecule has 0 spiro atoms. The van der Waals surface area contributed by atoms with Gasteiger partial charge in [0, 0.05) is 6.42 Å². The van der Waals surface area contributed by atoms with E-state index in [2.05, 4.69) is 4.74 Å². The molecule has 0 N–H and O–H groups in total. The average Bonchev–Trinajstić information content (AvgIpc) is 3.53. The van der Waals surface area contributed by atoms with Gasteiger partial charge in [0.05, 0.1) is 12.7 Å². The van der Waals surface area contributed by atoms with Crippen molar-refractivity contribution in [1.82, 2.24) is 0 Å². The van der Waals surface area contributed by atoms with Crippen molar-refractivity contribution in [2.45, 2.75) is 84.3 Å². The molecule has 0 bridgehead atoms. The summed E-state index contributed by atoms with van der Waals surface area (Å²) in [6.45, 7) is -0.520. The Morgan fingerprint density at radius 3 is 0.923 bits per heavy atom. The second kappa shape index (κ2) is 8.92. The Morgan fingerprint density at radius 2 is 0.667 bits per heavy atom. The van der Waals surface area contributed by atoms with E-state index in [1.54, 1.807) is 0 Å². The summed E-state index contributed by atoms with van der Waals surface area (Å²) < 4.78 is 309. The number of hydrogen-bond donors (Lipinski definition) is 0. The maximum Gasteiger partial charge on any atom is 0.438 e. The molecular formula is C15H7F23O. The number of halogens is 23. The minimum atomic E-state index is -9.44. The first kappa shape index (κ1) is 35.4. The molecule has 1 saturated heterocycles. The molecule has 1 rings (SSSR count). The van der Waals surface area contributed by atoms with Gasteiger partial charge in [0.2, 0.25) is 0 Å². The summed E-state index contributed by atoms with van der Waals surface area (Å²) >= 11 is 0. The molecule has 0 aromatic rings. The summed E-state index contributed by atoms with van der Waals surface area (Å²) in [4.78, 5) is 0. The lowest BCUT2D eigenvalue weighted by Crippen LogP contribution is -2.79. The highest BCUT2D eigenvalue weighted by molar-refractivity contribution is 5.20. The summed E-state index contributed by atoms with van der Waals surface area (Å²) in [7, 11) is 0. The Hall–Kier alpha value is -1.65. The van der Waals surface area contributed by atoms with E-state index in [0.717, 1.165) is 0 Å². The zero-order valence-corrected chi connectivity index (χ0v) is 17.3. The topological polar surface area (TPSA) is 12.5 Å². The van der Waals surface area contributed by atoms with Crippen molar-refractivity contribution in [3.8, 4) is 0 Å². The fourth-order valence-corrected chi connectivity index (χ4v) is 2.68. The molecule has 1 fully saturated rings. The average molecular weight is 640 g/mol. The van der Waals surface area contributed by atoms with E-state index in [1.165, 1.54) is 0 Å². The molecule has 1 aliphatic rings. The molecule has 24 heteroatoms. The smallest absolute Gasteiger partial charge is 0.373 e. The Morgan fingerprint density at radius 1 is 0.410 bits per heavy atom. The molecule has 1 aliphatic heterocycles. The van der Waals surface area contributed by atoms with E-state index >= 15 is 0 Å². The van der Waals surface area contributed by atoms with Crippen LogP contribution in [-0.4, -0.2) is 78.1 Å². The fraction of sp³-hybridized carbons (Fsp3) is 1.00. The zero-order chi connectivity index (χ0) is 31.9. The molecule has 234 valence electrons. The third-order valence-corrected chi connectivity index (χ3v) is 5.22. The molecule has 0 aliphatic carbocycles. The molecule has 0 amide bonds. The van der Waals surface area contributed by atoms with Gasteiger partial charge >= 0.3 is 65.4 Å². The third-order valence-electron chi connectivity index (χ3n) is 5.22. The lowest BCUT2D eigenvalue weighted by atomic mass is 9.82. The van der Waals surface area contributed by atoms with Crippen LogP contribution in [-0.2, 0) is 4.74 Å². The first-order valence-corrected chi connectivity index (χ1v) is 9.04. The Kier molecular flexibility index (Phi) is 8.09. The van der Waals surface area contributed by atoms with Gasteiger partial charge in [0.1, 0.15) is 0 Å². The summed E-state index contributed by atoms with van der Waals surface area (Å²) in [5, 5.41) is 0. The van der Waals surface area contributed by atoms with Crippen molar-refractivity contribution in [2.24, 2.45) is 0 Å². The molecule has 1 atom stereocenters. The number of rotatable bonds is 11. The normalized spacial score (nSPS) is 19.9. The summed E-state index contributed by atoms with van der Waals surface area (Å²) in [5.41, 5.74) is -9.00. The van der Waals surface area contributed by atoms with Gasteiger partial charge < -0.3 is 4.74 Å². The van der Waals surface area contributed by atoms with Gasteiger partial charge in [-0.2, -0.15) is 96.6 Å². The Bertz CT molecular complexity index is 876. The lowest BCUT2D eigenvalue weighted by molar-refractivity contribution is -0.481. The van der Waals surface area contributed by atoms with Crippen LogP contribution in [0.1, 0.15) is 12.8 Å². The molecule has 0 aromatic carbocycles. The van der Waals surface area contributed by atoms with Crippen molar-refractivity contribution in [3.63, 3.8) is 0 Å². The standard InChI is InChI=1S/C15H7F23O/c16-5(17,2-1-4-3-39-4)7(19,20)9(23,24)11(27,28)13(31,32)12(29,30)10(25,26)8(21,22)6(18,14(33,34)35)15(36,37)38/h4H,1-3H2. The van der Waals surface area contributed by atoms with Gasteiger partial charge in [-0.05, 0) is 6.42 Å². The second-order valence-electron chi connectivity index (χ2n) is 7.87. The van der Waals surface area contributed by atoms with Gasteiger partial charge in [0.15, 0.2) is 0 Å². The molecule has 1 nitrogen and oxygen atoms in total. The quantitative estimate of drug-likeness (QED) is 0.165. The van der Waals surface area contributed by atoms with Crippen LogP contribution in [0.2, 0.25) is 0 Å². The monoisotopic (exact) mass is 640 g/mol. The van der Waals surface area contributed by atoms with E-state index < -0.39 is 91.0 Å². The fourth-order valence-electron chi connectivity index (χ4n) is 2.68. The molecule has 1 unspecified atom stereocenters. The van der Waals surface area contributed by atoms with E-state index in [9.17, 15) is 101 Å². The predicted octanol–water partition coefficient (Wildman–Crippen LogP) is 8.08. The van der Waals surface area contributed by atoms with Gasteiger partial charge in [-0.15, -0.1) is 0 Å². The van der Waals surface area contributed by atoms with Crippen LogP contribution in [0.15, 0.2) is 0 Å². The number of epoxide rings is 1. The molecular weight excluding hydrogens is 633 g/mol.